The number of rotatable bonds is 9. The number of ether oxygens (including phenoxy) is 1. The molecule has 0 bridgehead atoms. The van der Waals surface area contributed by atoms with Gasteiger partial charge in [-0.3, -0.25) is 19.1 Å². The lowest BCUT2D eigenvalue weighted by Crippen LogP contribution is -2.42. The van der Waals surface area contributed by atoms with E-state index in [0.717, 1.165) is 29.0 Å². The molecule has 5 rings (SSSR count). The molecule has 0 saturated heterocycles. The first kappa shape index (κ1) is 28.2. The van der Waals surface area contributed by atoms with Gasteiger partial charge in [0.15, 0.2) is 17.3 Å². The van der Waals surface area contributed by atoms with E-state index in [1.165, 1.54) is 28.8 Å². The first-order chi connectivity index (χ1) is 20.1. The molecule has 1 amide bonds. The lowest BCUT2D eigenvalue weighted by atomic mass is 10.2. The molecule has 3 aromatic heterocycles. The lowest BCUT2D eigenvalue weighted by molar-refractivity contribution is 0.102. The van der Waals surface area contributed by atoms with Crippen LogP contribution in [0.1, 0.15) is 17.3 Å². The van der Waals surface area contributed by atoms with Crippen LogP contribution in [0.3, 0.4) is 0 Å². The monoisotopic (exact) mass is 575 g/mol. The average molecular weight is 576 g/mol. The highest BCUT2D eigenvalue weighted by Crippen LogP contribution is 2.31. The van der Waals surface area contributed by atoms with Crippen LogP contribution in [-0.4, -0.2) is 50.3 Å². The predicted octanol–water partition coefficient (Wildman–Crippen LogP) is 3.92. The van der Waals surface area contributed by atoms with Gasteiger partial charge >= 0.3 is 5.69 Å². The molecule has 42 heavy (non-hydrogen) atoms. The summed E-state index contributed by atoms with van der Waals surface area (Å²) in [4.78, 5) is 41.1. The molecular formula is C29H27F2N7O4. The number of aromatic nitrogens is 4. The number of benzene rings is 2. The van der Waals surface area contributed by atoms with E-state index < -0.39 is 28.8 Å². The third kappa shape index (κ3) is 5.76. The highest BCUT2D eigenvalue weighted by Gasteiger charge is 2.19. The highest BCUT2D eigenvalue weighted by atomic mass is 19.1. The Morgan fingerprint density at radius 2 is 1.74 bits per heavy atom. The summed E-state index contributed by atoms with van der Waals surface area (Å²) in [6.45, 7) is 2.39. The molecule has 0 spiro atoms. The van der Waals surface area contributed by atoms with E-state index in [-0.39, 0.29) is 29.2 Å². The van der Waals surface area contributed by atoms with Gasteiger partial charge in [0.05, 0.1) is 30.4 Å². The van der Waals surface area contributed by atoms with Crippen LogP contribution < -0.4 is 26.6 Å². The largest absolute Gasteiger partial charge is 0.452 e. The number of pyridine rings is 1. The standard InChI is InChI=1S/C29H27F2N7O4/c1-4-36-16-22(28(40)38(29(36)41)21-8-5-18(30)6-9-21)27(39)34-19-7-10-25(23(31)13-19)42-26-14-20(32-17-35(2)3)15-37-24(26)11-12-33-37/h5-16,32H,4,17H2,1-3H3,(H,34,39). The number of nitrogens with one attached hydrogen (secondary N) is 2. The zero-order valence-electron chi connectivity index (χ0n) is 23.0. The van der Waals surface area contributed by atoms with Crippen molar-refractivity contribution in [2.45, 2.75) is 13.5 Å². The molecule has 0 unspecified atom stereocenters. The Kier molecular flexibility index (Phi) is 7.84. The van der Waals surface area contributed by atoms with Crippen molar-refractivity contribution in [1.29, 1.82) is 0 Å². The Hall–Kier alpha value is -5.30. The van der Waals surface area contributed by atoms with Crippen LogP contribution in [0.5, 0.6) is 11.5 Å². The first-order valence-electron chi connectivity index (χ1n) is 12.9. The van der Waals surface area contributed by atoms with Crippen molar-refractivity contribution in [2.75, 3.05) is 31.4 Å². The van der Waals surface area contributed by atoms with Gasteiger partial charge in [0.2, 0.25) is 0 Å². The Morgan fingerprint density at radius 1 is 0.976 bits per heavy atom. The molecule has 0 atom stereocenters. The van der Waals surface area contributed by atoms with Gasteiger partial charge in [0.1, 0.15) is 16.9 Å². The number of anilines is 2. The van der Waals surface area contributed by atoms with E-state index >= 15 is 4.39 Å². The topological polar surface area (TPSA) is 115 Å². The molecule has 0 aliphatic rings. The van der Waals surface area contributed by atoms with Gasteiger partial charge in [0.25, 0.3) is 11.5 Å². The lowest BCUT2D eigenvalue weighted by Gasteiger charge is -2.15. The van der Waals surface area contributed by atoms with Crippen LogP contribution in [-0.2, 0) is 6.54 Å². The Labute approximate surface area is 238 Å². The molecule has 0 aliphatic carbocycles. The maximum atomic E-state index is 15.2. The minimum absolute atomic E-state index is 0.0581. The second kappa shape index (κ2) is 11.7. The number of carbonyl (C=O) groups is 1. The number of amides is 1. The number of halogens is 2. The van der Waals surface area contributed by atoms with Gasteiger partial charge in [-0.1, -0.05) is 0 Å². The summed E-state index contributed by atoms with van der Waals surface area (Å²) in [5, 5.41) is 9.96. The first-order valence-corrected chi connectivity index (χ1v) is 12.9. The van der Waals surface area contributed by atoms with Crippen LogP contribution >= 0.6 is 0 Å². The van der Waals surface area contributed by atoms with E-state index in [2.05, 4.69) is 15.7 Å². The number of fused-ring (bicyclic) bond motifs is 1. The zero-order valence-corrected chi connectivity index (χ0v) is 23.0. The normalized spacial score (nSPS) is 11.2. The summed E-state index contributed by atoms with van der Waals surface area (Å²) in [5.74, 6) is -1.91. The predicted molar refractivity (Wildman–Crippen MR) is 154 cm³/mol. The van der Waals surface area contributed by atoms with E-state index in [9.17, 15) is 18.8 Å². The van der Waals surface area contributed by atoms with Crippen molar-refractivity contribution in [3.63, 3.8) is 0 Å². The number of nitrogens with zero attached hydrogens (tertiary/aromatic N) is 5. The van der Waals surface area contributed by atoms with Gasteiger partial charge in [-0.15, -0.1) is 0 Å². The van der Waals surface area contributed by atoms with Crippen LogP contribution in [0.4, 0.5) is 20.2 Å². The molecule has 0 radical (unpaired) electrons. The summed E-state index contributed by atoms with van der Waals surface area (Å²) in [6, 6.07) is 12.0. The molecule has 0 saturated carbocycles. The van der Waals surface area contributed by atoms with E-state index in [1.54, 1.807) is 36.0 Å². The maximum absolute atomic E-state index is 15.2. The summed E-state index contributed by atoms with van der Waals surface area (Å²) in [5.41, 5.74) is -0.462. The molecule has 13 heteroatoms. The SMILES string of the molecule is CCn1cc(C(=O)Nc2ccc(Oc3cc(NCN(C)C)cn4nccc34)c(F)c2)c(=O)n(-c2ccc(F)cc2)c1=O. The summed E-state index contributed by atoms with van der Waals surface area (Å²) in [6.07, 6.45) is 4.52. The van der Waals surface area contributed by atoms with Gasteiger partial charge in [0, 0.05) is 30.6 Å². The third-order valence-electron chi connectivity index (χ3n) is 6.31. The van der Waals surface area contributed by atoms with Crippen molar-refractivity contribution in [2.24, 2.45) is 0 Å². The minimum Gasteiger partial charge on any atom is -0.452 e. The Morgan fingerprint density at radius 3 is 2.43 bits per heavy atom. The molecule has 2 N–H and O–H groups in total. The summed E-state index contributed by atoms with van der Waals surface area (Å²) >= 11 is 0. The quantitative estimate of drug-likeness (QED) is 0.256. The van der Waals surface area contributed by atoms with Crippen LogP contribution in [0.25, 0.3) is 11.2 Å². The van der Waals surface area contributed by atoms with Gasteiger partial charge in [-0.05, 0) is 63.5 Å². The van der Waals surface area contributed by atoms with Crippen molar-refractivity contribution in [3.8, 4) is 17.2 Å². The van der Waals surface area contributed by atoms with Crippen LogP contribution in [0.2, 0.25) is 0 Å². The number of hydrogen-bond acceptors (Lipinski definition) is 7. The molecule has 2 aromatic carbocycles. The molecule has 0 fully saturated rings. The van der Waals surface area contributed by atoms with E-state index in [0.29, 0.717) is 23.6 Å². The van der Waals surface area contributed by atoms with Crippen molar-refractivity contribution < 1.29 is 18.3 Å². The van der Waals surface area contributed by atoms with Crippen molar-refractivity contribution >= 4 is 22.8 Å². The molecule has 0 aliphatic heterocycles. The molecule has 216 valence electrons. The second-order valence-corrected chi connectivity index (χ2v) is 9.60. The Bertz CT molecular complexity index is 1900. The summed E-state index contributed by atoms with van der Waals surface area (Å²) < 4.78 is 38.1. The average Bonchev–Trinajstić information content (AvgIpc) is 3.43. The van der Waals surface area contributed by atoms with Gasteiger partial charge in [-0.2, -0.15) is 5.10 Å². The fourth-order valence-electron chi connectivity index (χ4n) is 4.20. The third-order valence-corrected chi connectivity index (χ3v) is 6.31. The Balaban J connectivity index is 1.41. The van der Waals surface area contributed by atoms with E-state index in [4.69, 9.17) is 4.74 Å². The van der Waals surface area contributed by atoms with Gasteiger partial charge < -0.3 is 15.4 Å². The minimum atomic E-state index is -0.901. The maximum Gasteiger partial charge on any atom is 0.335 e. The molecule has 3 heterocycles. The number of aryl methyl sites for hydroxylation is 1. The zero-order chi connectivity index (χ0) is 30.0. The van der Waals surface area contributed by atoms with Crippen LogP contribution in [0.15, 0.2) is 82.8 Å². The summed E-state index contributed by atoms with van der Waals surface area (Å²) in [7, 11) is 3.82. The molecular weight excluding hydrogens is 548 g/mol. The van der Waals surface area contributed by atoms with Crippen molar-refractivity contribution in [1.82, 2.24) is 23.6 Å². The smallest absolute Gasteiger partial charge is 0.335 e. The van der Waals surface area contributed by atoms with Gasteiger partial charge in [-0.25, -0.2) is 22.7 Å². The van der Waals surface area contributed by atoms with E-state index in [1.807, 2.05) is 19.0 Å². The number of hydrogen-bond donors (Lipinski definition) is 2. The molecule has 11 nitrogen and oxygen atoms in total. The number of carbonyl (C=O) groups excluding carboxylic acids is 1. The van der Waals surface area contributed by atoms with Crippen LogP contribution in [0, 0.1) is 11.6 Å². The fourth-order valence-corrected chi connectivity index (χ4v) is 4.20. The van der Waals surface area contributed by atoms with Crippen molar-refractivity contribution in [3.05, 3.63) is 111 Å². The highest BCUT2D eigenvalue weighted by molar-refractivity contribution is 6.03. The fraction of sp³-hybridized carbons (Fsp3) is 0.172. The molecule has 5 aromatic rings. The second-order valence-electron chi connectivity index (χ2n) is 9.60.